The lowest BCUT2D eigenvalue weighted by Crippen LogP contribution is -2.42. The molecule has 174 valence electrons. The van der Waals surface area contributed by atoms with Gasteiger partial charge >= 0.3 is 0 Å². The van der Waals surface area contributed by atoms with Gasteiger partial charge in [-0.05, 0) is 73.9 Å². The van der Waals surface area contributed by atoms with E-state index in [1.807, 2.05) is 38.1 Å². The highest BCUT2D eigenvalue weighted by Gasteiger charge is 2.28. The van der Waals surface area contributed by atoms with Crippen molar-refractivity contribution in [3.63, 3.8) is 0 Å². The molecule has 0 saturated heterocycles. The number of hydrogen-bond donors (Lipinski definition) is 1. The Bertz CT molecular complexity index is 1230. The Hall–Kier alpha value is -3.03. The lowest BCUT2D eigenvalue weighted by molar-refractivity contribution is -0.119. The molecule has 1 amide bonds. The molecule has 0 aliphatic heterocycles. The number of aryl methyl sites for hydroxylation is 3. The van der Waals surface area contributed by atoms with Gasteiger partial charge in [-0.3, -0.25) is 9.10 Å². The minimum Gasteiger partial charge on any atom is -0.491 e. The van der Waals surface area contributed by atoms with Crippen LogP contribution in [0.5, 0.6) is 5.75 Å². The summed E-state index contributed by atoms with van der Waals surface area (Å²) in [5.41, 5.74) is 3.27. The molecule has 8 heteroatoms. The molecule has 0 aliphatic carbocycles. The second kappa shape index (κ2) is 10.7. The van der Waals surface area contributed by atoms with Gasteiger partial charge in [-0.15, -0.1) is 0 Å². The quantitative estimate of drug-likeness (QED) is 0.446. The minimum atomic E-state index is -3.99. The van der Waals surface area contributed by atoms with Crippen molar-refractivity contribution in [2.45, 2.75) is 25.7 Å². The number of halogens is 1. The van der Waals surface area contributed by atoms with E-state index in [1.54, 1.807) is 25.1 Å². The summed E-state index contributed by atoms with van der Waals surface area (Å²) in [6.45, 7) is 5.89. The summed E-state index contributed by atoms with van der Waals surface area (Å²) < 4.78 is 33.7. The van der Waals surface area contributed by atoms with E-state index < -0.39 is 15.9 Å². The topological polar surface area (TPSA) is 75.7 Å². The van der Waals surface area contributed by atoms with E-state index in [0.29, 0.717) is 10.7 Å². The van der Waals surface area contributed by atoms with Gasteiger partial charge < -0.3 is 10.1 Å². The highest BCUT2D eigenvalue weighted by atomic mass is 35.5. The van der Waals surface area contributed by atoms with Crippen LogP contribution in [0.3, 0.4) is 0 Å². The maximum Gasteiger partial charge on any atom is 0.264 e. The first-order valence-corrected chi connectivity index (χ1v) is 12.3. The zero-order valence-corrected chi connectivity index (χ0v) is 20.4. The molecule has 6 nitrogen and oxygen atoms in total. The molecular weight excluding hydrogens is 460 g/mol. The number of benzene rings is 3. The van der Waals surface area contributed by atoms with Crippen LogP contribution in [-0.4, -0.2) is 34.0 Å². The monoisotopic (exact) mass is 486 g/mol. The van der Waals surface area contributed by atoms with Gasteiger partial charge in [0.1, 0.15) is 18.9 Å². The Balaban J connectivity index is 1.72. The normalized spacial score (nSPS) is 11.2. The highest BCUT2D eigenvalue weighted by Crippen LogP contribution is 2.27. The van der Waals surface area contributed by atoms with Gasteiger partial charge in [-0.25, -0.2) is 8.42 Å². The minimum absolute atomic E-state index is 0.0567. The van der Waals surface area contributed by atoms with E-state index in [9.17, 15) is 13.2 Å². The molecular formula is C25H27ClN2O4S. The molecule has 0 unspecified atom stereocenters. The third kappa shape index (κ3) is 6.27. The van der Waals surface area contributed by atoms with Crippen LogP contribution < -0.4 is 14.4 Å². The SMILES string of the molecule is Cc1ccc(C)c(OCCNC(=O)CN(c2ccccc2C)S(=O)(=O)c2ccc(Cl)cc2)c1. The van der Waals surface area contributed by atoms with E-state index in [2.05, 4.69) is 5.32 Å². The number of hydrogen-bond acceptors (Lipinski definition) is 4. The highest BCUT2D eigenvalue weighted by molar-refractivity contribution is 7.92. The van der Waals surface area contributed by atoms with E-state index in [-0.39, 0.29) is 24.6 Å². The number of ether oxygens (including phenoxy) is 1. The standard InChI is InChI=1S/C25H27ClN2O4S/c1-18-8-9-20(3)24(16-18)32-15-14-27-25(29)17-28(23-7-5-4-6-19(23)2)33(30,31)22-12-10-21(26)11-13-22/h4-13,16H,14-15,17H2,1-3H3,(H,27,29). The molecule has 3 aromatic carbocycles. The second-order valence-corrected chi connectivity index (χ2v) is 10.0. The van der Waals surface area contributed by atoms with Crippen molar-refractivity contribution in [1.29, 1.82) is 0 Å². The van der Waals surface area contributed by atoms with Crippen LogP contribution >= 0.6 is 11.6 Å². The number of sulfonamides is 1. The van der Waals surface area contributed by atoms with Crippen LogP contribution in [0.4, 0.5) is 5.69 Å². The Morgan fingerprint density at radius 2 is 1.67 bits per heavy atom. The van der Waals surface area contributed by atoms with Crippen molar-refractivity contribution in [3.8, 4) is 5.75 Å². The number of anilines is 1. The average molecular weight is 487 g/mol. The lowest BCUT2D eigenvalue weighted by Gasteiger charge is -2.25. The molecule has 0 saturated carbocycles. The summed E-state index contributed by atoms with van der Waals surface area (Å²) in [5, 5.41) is 3.18. The van der Waals surface area contributed by atoms with Gasteiger partial charge in [-0.2, -0.15) is 0 Å². The summed E-state index contributed by atoms with van der Waals surface area (Å²) in [6.07, 6.45) is 0. The summed E-state index contributed by atoms with van der Waals surface area (Å²) in [6, 6.07) is 18.8. The third-order valence-electron chi connectivity index (χ3n) is 5.10. The Kier molecular flexibility index (Phi) is 8.00. The van der Waals surface area contributed by atoms with Gasteiger partial charge in [0.25, 0.3) is 10.0 Å². The zero-order chi connectivity index (χ0) is 24.0. The smallest absolute Gasteiger partial charge is 0.264 e. The first-order valence-electron chi connectivity index (χ1n) is 10.5. The third-order valence-corrected chi connectivity index (χ3v) is 7.12. The van der Waals surface area contributed by atoms with Crippen molar-refractivity contribution in [3.05, 3.63) is 88.4 Å². The summed E-state index contributed by atoms with van der Waals surface area (Å²) in [7, 11) is -3.99. The largest absolute Gasteiger partial charge is 0.491 e. The second-order valence-electron chi connectivity index (χ2n) is 7.72. The zero-order valence-electron chi connectivity index (χ0n) is 18.8. The van der Waals surface area contributed by atoms with Crippen LogP contribution in [0.1, 0.15) is 16.7 Å². The first-order chi connectivity index (χ1) is 15.7. The van der Waals surface area contributed by atoms with Crippen molar-refractivity contribution in [1.82, 2.24) is 5.32 Å². The Morgan fingerprint density at radius 3 is 2.36 bits per heavy atom. The number of rotatable bonds is 9. The first kappa shape index (κ1) is 24.6. The molecule has 0 bridgehead atoms. The van der Waals surface area contributed by atoms with E-state index in [0.717, 1.165) is 26.7 Å². The van der Waals surface area contributed by atoms with Gasteiger partial charge in [0.15, 0.2) is 0 Å². The lowest BCUT2D eigenvalue weighted by atomic mass is 10.1. The molecule has 0 heterocycles. The Morgan fingerprint density at radius 1 is 0.970 bits per heavy atom. The number of para-hydroxylation sites is 1. The fourth-order valence-corrected chi connectivity index (χ4v) is 4.89. The number of carbonyl (C=O) groups excluding carboxylic acids is 1. The van der Waals surface area contributed by atoms with Gasteiger partial charge in [-0.1, -0.05) is 41.9 Å². The number of nitrogens with one attached hydrogen (secondary N) is 1. The molecule has 0 fully saturated rings. The molecule has 0 radical (unpaired) electrons. The van der Waals surface area contributed by atoms with E-state index in [4.69, 9.17) is 16.3 Å². The van der Waals surface area contributed by atoms with Gasteiger partial charge in [0, 0.05) is 5.02 Å². The van der Waals surface area contributed by atoms with Crippen LogP contribution in [0, 0.1) is 20.8 Å². The summed E-state index contributed by atoms with van der Waals surface area (Å²) >= 11 is 5.92. The Labute approximate surface area is 200 Å². The molecule has 1 N–H and O–H groups in total. The van der Waals surface area contributed by atoms with Crippen molar-refractivity contribution in [2.24, 2.45) is 0 Å². The maximum absolute atomic E-state index is 13.4. The molecule has 0 aliphatic rings. The predicted octanol–water partition coefficient (Wildman–Crippen LogP) is 4.66. The molecule has 0 aromatic heterocycles. The van der Waals surface area contributed by atoms with Crippen LogP contribution in [-0.2, 0) is 14.8 Å². The fraction of sp³-hybridized carbons (Fsp3) is 0.240. The van der Waals surface area contributed by atoms with E-state index in [1.165, 1.54) is 24.3 Å². The summed E-state index contributed by atoms with van der Waals surface area (Å²) in [4.78, 5) is 12.8. The molecule has 3 aromatic rings. The molecule has 3 rings (SSSR count). The van der Waals surface area contributed by atoms with Gasteiger partial charge in [0.05, 0.1) is 17.1 Å². The fourth-order valence-electron chi connectivity index (χ4n) is 3.28. The number of amides is 1. The number of carbonyl (C=O) groups is 1. The van der Waals surface area contributed by atoms with Crippen LogP contribution in [0.2, 0.25) is 5.02 Å². The van der Waals surface area contributed by atoms with Crippen molar-refractivity contribution in [2.75, 3.05) is 24.0 Å². The van der Waals surface area contributed by atoms with Crippen LogP contribution in [0.15, 0.2) is 71.6 Å². The average Bonchev–Trinajstić information content (AvgIpc) is 2.78. The molecule has 0 spiro atoms. The van der Waals surface area contributed by atoms with Crippen LogP contribution in [0.25, 0.3) is 0 Å². The predicted molar refractivity (Wildman–Crippen MR) is 132 cm³/mol. The number of nitrogens with zero attached hydrogens (tertiary/aromatic N) is 1. The maximum atomic E-state index is 13.4. The van der Waals surface area contributed by atoms with Crippen molar-refractivity contribution < 1.29 is 17.9 Å². The van der Waals surface area contributed by atoms with Gasteiger partial charge in [0.2, 0.25) is 5.91 Å². The van der Waals surface area contributed by atoms with E-state index >= 15 is 0 Å². The summed E-state index contributed by atoms with van der Waals surface area (Å²) in [5.74, 6) is 0.330. The molecule has 33 heavy (non-hydrogen) atoms. The van der Waals surface area contributed by atoms with Crippen molar-refractivity contribution >= 4 is 33.2 Å². The molecule has 0 atom stereocenters.